The van der Waals surface area contributed by atoms with Gasteiger partial charge in [0.05, 0.1) is 18.1 Å². The summed E-state index contributed by atoms with van der Waals surface area (Å²) in [5.41, 5.74) is -0.443. The number of aromatic nitrogens is 3. The van der Waals surface area contributed by atoms with Gasteiger partial charge in [-0.3, -0.25) is 4.98 Å². The molecule has 2 aromatic heterocycles. The van der Waals surface area contributed by atoms with E-state index in [0.29, 0.717) is 25.2 Å². The number of hydrogen-bond acceptors (Lipinski definition) is 4. The predicted octanol–water partition coefficient (Wildman–Crippen LogP) is 2.35. The number of nitrogens with one attached hydrogen (secondary N) is 1. The van der Waals surface area contributed by atoms with Crippen LogP contribution in [-0.2, 0) is 12.6 Å². The second-order valence-electron chi connectivity index (χ2n) is 4.52. The normalized spacial score (nSPS) is 14.8. The molecule has 0 saturated carbocycles. The molecule has 0 aliphatic carbocycles. The molecule has 0 unspecified atom stereocenters. The molecule has 2 aromatic rings. The van der Waals surface area contributed by atoms with Gasteiger partial charge in [-0.15, -0.1) is 0 Å². The third-order valence-electron chi connectivity index (χ3n) is 3.10. The molecule has 2 N–H and O–H groups in total. The predicted molar refractivity (Wildman–Crippen MR) is 64.8 cm³/mol. The summed E-state index contributed by atoms with van der Waals surface area (Å²) in [6, 6.07) is 1.32. The summed E-state index contributed by atoms with van der Waals surface area (Å²) in [6.45, 7) is 0.586. The molecular formula is C12H11F3N4O. The molecule has 106 valence electrons. The Morgan fingerprint density at radius 2 is 2.10 bits per heavy atom. The first-order chi connectivity index (χ1) is 9.47. The van der Waals surface area contributed by atoms with Crippen molar-refractivity contribution in [3.63, 3.8) is 0 Å². The van der Waals surface area contributed by atoms with Crippen molar-refractivity contribution in [1.82, 2.24) is 14.8 Å². The van der Waals surface area contributed by atoms with E-state index in [4.69, 9.17) is 0 Å². The maximum Gasteiger partial charge on any atom is 0.435 e. The zero-order valence-corrected chi connectivity index (χ0v) is 10.3. The highest BCUT2D eigenvalue weighted by atomic mass is 19.4. The zero-order valence-electron chi connectivity index (χ0n) is 10.3. The summed E-state index contributed by atoms with van der Waals surface area (Å²) in [6.07, 6.45) is -0.997. The average molecular weight is 284 g/mol. The van der Waals surface area contributed by atoms with Crippen LogP contribution in [-0.4, -0.2) is 26.4 Å². The molecule has 20 heavy (non-hydrogen) atoms. The van der Waals surface area contributed by atoms with E-state index in [1.807, 2.05) is 0 Å². The fourth-order valence-electron chi connectivity index (χ4n) is 2.29. The summed E-state index contributed by atoms with van der Waals surface area (Å²) in [7, 11) is 0. The van der Waals surface area contributed by atoms with Crippen molar-refractivity contribution in [3.8, 4) is 11.4 Å². The van der Waals surface area contributed by atoms with Gasteiger partial charge in [0.1, 0.15) is 11.6 Å². The van der Waals surface area contributed by atoms with Crippen LogP contribution in [0.5, 0.6) is 5.75 Å². The Labute approximate surface area is 112 Å². The van der Waals surface area contributed by atoms with Crippen LogP contribution in [0.15, 0.2) is 18.5 Å². The van der Waals surface area contributed by atoms with Gasteiger partial charge in [0.2, 0.25) is 0 Å². The number of aromatic hydroxyl groups is 1. The number of nitrogens with zero attached hydrogens (tertiary/aromatic N) is 3. The Morgan fingerprint density at radius 3 is 2.80 bits per heavy atom. The lowest BCUT2D eigenvalue weighted by Gasteiger charge is -2.16. The molecule has 0 radical (unpaired) electrons. The van der Waals surface area contributed by atoms with Crippen molar-refractivity contribution in [1.29, 1.82) is 0 Å². The van der Waals surface area contributed by atoms with Gasteiger partial charge in [-0.05, 0) is 12.8 Å². The van der Waals surface area contributed by atoms with E-state index in [0.717, 1.165) is 4.68 Å². The van der Waals surface area contributed by atoms with Crippen LogP contribution < -0.4 is 5.32 Å². The van der Waals surface area contributed by atoms with E-state index in [1.165, 1.54) is 18.5 Å². The van der Waals surface area contributed by atoms with Crippen molar-refractivity contribution in [2.24, 2.45) is 0 Å². The van der Waals surface area contributed by atoms with Gasteiger partial charge >= 0.3 is 6.18 Å². The Balaban J connectivity index is 2.19. The summed E-state index contributed by atoms with van der Waals surface area (Å²) in [5, 5.41) is 16.0. The Kier molecular flexibility index (Phi) is 2.81. The number of hydrogen-bond donors (Lipinski definition) is 2. The van der Waals surface area contributed by atoms with Crippen molar-refractivity contribution < 1.29 is 18.3 Å². The van der Waals surface area contributed by atoms with E-state index in [1.54, 1.807) is 0 Å². The summed E-state index contributed by atoms with van der Waals surface area (Å²) < 4.78 is 40.2. The van der Waals surface area contributed by atoms with Gasteiger partial charge in [0.25, 0.3) is 0 Å². The lowest BCUT2D eigenvalue weighted by Crippen LogP contribution is -2.15. The van der Waals surface area contributed by atoms with Crippen LogP contribution in [0.2, 0.25) is 0 Å². The molecule has 0 spiro atoms. The quantitative estimate of drug-likeness (QED) is 0.843. The number of pyridine rings is 1. The molecule has 5 nitrogen and oxygen atoms in total. The second kappa shape index (κ2) is 4.39. The van der Waals surface area contributed by atoms with Gasteiger partial charge in [-0.2, -0.15) is 18.3 Å². The first kappa shape index (κ1) is 12.8. The van der Waals surface area contributed by atoms with Crippen molar-refractivity contribution in [2.75, 3.05) is 11.9 Å². The molecule has 0 fully saturated rings. The molecule has 0 saturated heterocycles. The number of halogens is 3. The number of fused-ring (bicyclic) bond motifs is 1. The lowest BCUT2D eigenvalue weighted by molar-refractivity contribution is -0.142. The highest BCUT2D eigenvalue weighted by Gasteiger charge is 2.40. The van der Waals surface area contributed by atoms with Crippen LogP contribution in [0, 0.1) is 0 Å². The average Bonchev–Trinajstić information content (AvgIpc) is 2.78. The van der Waals surface area contributed by atoms with E-state index in [-0.39, 0.29) is 17.0 Å². The first-order valence-corrected chi connectivity index (χ1v) is 6.04. The molecule has 3 heterocycles. The lowest BCUT2D eigenvalue weighted by atomic mass is 10.1. The number of anilines is 1. The monoisotopic (exact) mass is 284 g/mol. The maximum atomic E-state index is 13.0. The van der Waals surface area contributed by atoms with Crippen LogP contribution in [0.25, 0.3) is 5.69 Å². The van der Waals surface area contributed by atoms with Crippen molar-refractivity contribution >= 4 is 5.82 Å². The van der Waals surface area contributed by atoms with Gasteiger partial charge in [-0.1, -0.05) is 0 Å². The molecular weight excluding hydrogens is 273 g/mol. The van der Waals surface area contributed by atoms with Gasteiger partial charge in [0, 0.05) is 18.2 Å². The second-order valence-corrected chi connectivity index (χ2v) is 4.52. The smallest absolute Gasteiger partial charge is 0.435 e. The molecule has 1 aliphatic rings. The molecule has 0 aromatic carbocycles. The molecule has 0 amide bonds. The van der Waals surface area contributed by atoms with Crippen molar-refractivity contribution in [3.05, 3.63) is 29.7 Å². The minimum absolute atomic E-state index is 0.129. The van der Waals surface area contributed by atoms with E-state index >= 15 is 0 Å². The van der Waals surface area contributed by atoms with Gasteiger partial charge in [-0.25, -0.2) is 4.68 Å². The van der Waals surface area contributed by atoms with E-state index < -0.39 is 11.9 Å². The number of rotatable bonds is 1. The number of alkyl halides is 3. The maximum absolute atomic E-state index is 13.0. The largest absolute Gasteiger partial charge is 0.506 e. The minimum Gasteiger partial charge on any atom is -0.506 e. The van der Waals surface area contributed by atoms with Gasteiger partial charge < -0.3 is 10.4 Å². The summed E-state index contributed by atoms with van der Waals surface area (Å²) >= 11 is 0. The summed E-state index contributed by atoms with van der Waals surface area (Å²) in [4.78, 5) is 3.76. The van der Waals surface area contributed by atoms with Gasteiger partial charge in [0.15, 0.2) is 5.69 Å². The Morgan fingerprint density at radius 1 is 1.30 bits per heavy atom. The zero-order chi connectivity index (χ0) is 14.3. The minimum atomic E-state index is -4.50. The van der Waals surface area contributed by atoms with Crippen LogP contribution in [0.3, 0.4) is 0 Å². The Hall–Kier alpha value is -2.25. The van der Waals surface area contributed by atoms with Crippen LogP contribution in [0.4, 0.5) is 19.0 Å². The van der Waals surface area contributed by atoms with Crippen LogP contribution in [0.1, 0.15) is 17.7 Å². The SMILES string of the molecule is Oc1cncc(-n2nc(C(F)(F)F)c3c2NCCC3)c1. The van der Waals surface area contributed by atoms with Crippen molar-refractivity contribution in [2.45, 2.75) is 19.0 Å². The Bertz CT molecular complexity index is 651. The molecule has 1 aliphatic heterocycles. The fourth-order valence-corrected chi connectivity index (χ4v) is 2.29. The fraction of sp³-hybridized carbons (Fsp3) is 0.333. The van der Waals surface area contributed by atoms with E-state index in [2.05, 4.69) is 15.4 Å². The molecule has 0 bridgehead atoms. The third-order valence-corrected chi connectivity index (χ3v) is 3.10. The summed E-state index contributed by atoms with van der Waals surface area (Å²) in [5.74, 6) is 0.187. The topological polar surface area (TPSA) is 63.0 Å². The third kappa shape index (κ3) is 2.06. The highest BCUT2D eigenvalue weighted by Crippen LogP contribution is 2.37. The van der Waals surface area contributed by atoms with Crippen LogP contribution >= 0.6 is 0 Å². The van der Waals surface area contributed by atoms with E-state index in [9.17, 15) is 18.3 Å². The first-order valence-electron chi connectivity index (χ1n) is 6.04. The molecule has 3 rings (SSSR count). The standard InChI is InChI=1S/C12H11F3N4O/c13-12(14,15)10-9-2-1-3-17-11(9)19(18-10)7-4-8(20)6-16-5-7/h4-6,17,20H,1-3H2. The molecule has 8 heteroatoms. The highest BCUT2D eigenvalue weighted by molar-refractivity contribution is 5.55. The molecule has 0 atom stereocenters.